The number of hydrogen-bond donors (Lipinski definition) is 1. The molecular weight excluding hydrogens is 234 g/mol. The van der Waals surface area contributed by atoms with E-state index in [-0.39, 0.29) is 0 Å². The van der Waals surface area contributed by atoms with Gasteiger partial charge in [-0.2, -0.15) is 5.10 Å². The van der Waals surface area contributed by atoms with Crippen LogP contribution in [-0.2, 0) is 6.54 Å². The maximum atomic E-state index is 6.24. The van der Waals surface area contributed by atoms with Crippen LogP contribution in [0.4, 0.5) is 5.69 Å². The van der Waals surface area contributed by atoms with Gasteiger partial charge in [-0.1, -0.05) is 17.7 Å². The second-order valence-corrected chi connectivity index (χ2v) is 4.51. The molecule has 0 saturated heterocycles. The Morgan fingerprint density at radius 1 is 1.35 bits per heavy atom. The lowest BCUT2D eigenvalue weighted by atomic mass is 10.0. The van der Waals surface area contributed by atoms with Crippen LogP contribution in [0.15, 0.2) is 18.2 Å². The second kappa shape index (κ2) is 4.41. The predicted molar refractivity (Wildman–Crippen MR) is 72.2 cm³/mol. The molecule has 2 aromatic rings. The zero-order valence-electron chi connectivity index (χ0n) is 10.3. The van der Waals surface area contributed by atoms with Gasteiger partial charge in [-0.25, -0.2) is 0 Å². The van der Waals surface area contributed by atoms with Crippen LogP contribution in [0.5, 0.6) is 0 Å². The van der Waals surface area contributed by atoms with Gasteiger partial charge >= 0.3 is 0 Å². The molecule has 4 heteroatoms. The molecule has 0 aliphatic heterocycles. The smallest absolute Gasteiger partial charge is 0.0675 e. The molecule has 0 amide bonds. The van der Waals surface area contributed by atoms with Gasteiger partial charge in [0.15, 0.2) is 0 Å². The van der Waals surface area contributed by atoms with Crippen LogP contribution >= 0.6 is 11.6 Å². The number of anilines is 1. The minimum atomic E-state index is 0.673. The van der Waals surface area contributed by atoms with Crippen molar-refractivity contribution in [3.8, 4) is 11.1 Å². The topological polar surface area (TPSA) is 43.8 Å². The lowest BCUT2D eigenvalue weighted by molar-refractivity contribution is 0.634. The van der Waals surface area contributed by atoms with Gasteiger partial charge in [-0.3, -0.25) is 4.68 Å². The molecule has 90 valence electrons. The Hall–Kier alpha value is -1.48. The minimum absolute atomic E-state index is 0.673. The van der Waals surface area contributed by atoms with Crippen molar-refractivity contribution in [2.45, 2.75) is 27.3 Å². The van der Waals surface area contributed by atoms with E-state index in [9.17, 15) is 0 Å². The number of rotatable bonds is 2. The monoisotopic (exact) mass is 249 g/mol. The average Bonchev–Trinajstić information content (AvgIpc) is 2.55. The summed E-state index contributed by atoms with van der Waals surface area (Å²) in [6, 6.07) is 5.59. The van der Waals surface area contributed by atoms with E-state index in [4.69, 9.17) is 17.3 Å². The largest absolute Gasteiger partial charge is 0.399 e. The van der Waals surface area contributed by atoms with Crippen molar-refractivity contribution in [3.05, 3.63) is 34.6 Å². The van der Waals surface area contributed by atoms with Gasteiger partial charge in [0, 0.05) is 29.1 Å². The van der Waals surface area contributed by atoms with E-state index in [0.717, 1.165) is 29.1 Å². The quantitative estimate of drug-likeness (QED) is 0.829. The van der Waals surface area contributed by atoms with E-state index in [0.29, 0.717) is 10.7 Å². The first-order chi connectivity index (χ1) is 8.04. The number of nitrogens with zero attached hydrogens (tertiary/aromatic N) is 2. The van der Waals surface area contributed by atoms with Crippen molar-refractivity contribution in [3.63, 3.8) is 0 Å². The van der Waals surface area contributed by atoms with E-state index < -0.39 is 0 Å². The molecule has 0 atom stereocenters. The third kappa shape index (κ3) is 2.03. The maximum Gasteiger partial charge on any atom is 0.0675 e. The van der Waals surface area contributed by atoms with Crippen molar-refractivity contribution in [2.75, 3.05) is 5.73 Å². The molecule has 0 radical (unpaired) electrons. The Morgan fingerprint density at radius 2 is 2.06 bits per heavy atom. The van der Waals surface area contributed by atoms with E-state index in [2.05, 4.69) is 18.9 Å². The Kier molecular flexibility index (Phi) is 3.11. The molecule has 1 heterocycles. The van der Waals surface area contributed by atoms with Crippen LogP contribution in [0.25, 0.3) is 11.1 Å². The number of benzene rings is 1. The molecule has 0 saturated carbocycles. The summed E-state index contributed by atoms with van der Waals surface area (Å²) < 4.78 is 1.98. The Bertz CT molecular complexity index is 558. The van der Waals surface area contributed by atoms with Crippen LogP contribution in [0, 0.1) is 13.8 Å². The molecule has 0 bridgehead atoms. The summed E-state index contributed by atoms with van der Waals surface area (Å²) in [7, 11) is 0. The predicted octanol–water partition coefficient (Wildman–Crippen LogP) is 3.42. The molecule has 0 aliphatic carbocycles. The van der Waals surface area contributed by atoms with Crippen molar-refractivity contribution >= 4 is 17.3 Å². The van der Waals surface area contributed by atoms with Crippen LogP contribution in [0.1, 0.15) is 18.3 Å². The summed E-state index contributed by atoms with van der Waals surface area (Å²) >= 11 is 6.24. The van der Waals surface area contributed by atoms with Crippen LogP contribution < -0.4 is 5.73 Å². The molecule has 0 unspecified atom stereocenters. The van der Waals surface area contributed by atoms with Gasteiger partial charge in [0.05, 0.1) is 10.7 Å². The fourth-order valence-corrected chi connectivity index (χ4v) is 2.41. The average molecular weight is 250 g/mol. The standard InChI is InChI=1S/C13H16ClN3/c1-4-17-9(3)13(8(2)16-17)11-6-5-10(15)7-12(11)14/h5-7H,4,15H2,1-3H3. The van der Waals surface area contributed by atoms with Crippen LogP contribution in [0.3, 0.4) is 0 Å². The Labute approximate surface area is 106 Å². The van der Waals surface area contributed by atoms with Crippen LogP contribution in [0.2, 0.25) is 5.02 Å². The molecule has 1 aromatic carbocycles. The highest BCUT2D eigenvalue weighted by Gasteiger charge is 2.15. The normalized spacial score (nSPS) is 10.8. The summed E-state index contributed by atoms with van der Waals surface area (Å²) in [4.78, 5) is 0. The first-order valence-electron chi connectivity index (χ1n) is 5.64. The molecule has 3 nitrogen and oxygen atoms in total. The number of aryl methyl sites for hydroxylation is 2. The van der Waals surface area contributed by atoms with Gasteiger partial charge in [0.2, 0.25) is 0 Å². The fraction of sp³-hybridized carbons (Fsp3) is 0.308. The van der Waals surface area contributed by atoms with E-state index in [1.54, 1.807) is 6.07 Å². The van der Waals surface area contributed by atoms with Gasteiger partial charge in [0.1, 0.15) is 0 Å². The van der Waals surface area contributed by atoms with E-state index in [1.165, 1.54) is 0 Å². The summed E-state index contributed by atoms with van der Waals surface area (Å²) in [5, 5.41) is 5.17. The molecule has 0 fully saturated rings. The molecule has 1 aromatic heterocycles. The highest BCUT2D eigenvalue weighted by atomic mass is 35.5. The number of hydrogen-bond acceptors (Lipinski definition) is 2. The fourth-order valence-electron chi connectivity index (χ4n) is 2.13. The number of aromatic nitrogens is 2. The van der Waals surface area contributed by atoms with Gasteiger partial charge < -0.3 is 5.73 Å². The summed E-state index contributed by atoms with van der Waals surface area (Å²) in [6.45, 7) is 7.00. The molecule has 2 N–H and O–H groups in total. The highest BCUT2D eigenvalue weighted by Crippen LogP contribution is 2.33. The molecular formula is C13H16ClN3. The second-order valence-electron chi connectivity index (χ2n) is 4.10. The molecule has 17 heavy (non-hydrogen) atoms. The Balaban J connectivity index is 2.64. The summed E-state index contributed by atoms with van der Waals surface area (Å²) in [5.41, 5.74) is 10.6. The molecule has 0 spiro atoms. The summed E-state index contributed by atoms with van der Waals surface area (Å²) in [5.74, 6) is 0. The lowest BCUT2D eigenvalue weighted by Gasteiger charge is -2.06. The third-order valence-electron chi connectivity index (χ3n) is 2.94. The van der Waals surface area contributed by atoms with Crippen molar-refractivity contribution in [1.29, 1.82) is 0 Å². The zero-order chi connectivity index (χ0) is 12.6. The van der Waals surface area contributed by atoms with Crippen molar-refractivity contribution in [2.24, 2.45) is 0 Å². The van der Waals surface area contributed by atoms with Crippen molar-refractivity contribution < 1.29 is 0 Å². The number of nitrogens with two attached hydrogens (primary N) is 1. The highest BCUT2D eigenvalue weighted by molar-refractivity contribution is 6.33. The third-order valence-corrected chi connectivity index (χ3v) is 3.26. The first-order valence-corrected chi connectivity index (χ1v) is 6.01. The number of nitrogen functional groups attached to an aromatic ring is 1. The zero-order valence-corrected chi connectivity index (χ0v) is 11.0. The Morgan fingerprint density at radius 3 is 2.59 bits per heavy atom. The van der Waals surface area contributed by atoms with Crippen molar-refractivity contribution in [1.82, 2.24) is 9.78 Å². The van der Waals surface area contributed by atoms with Crippen LogP contribution in [-0.4, -0.2) is 9.78 Å². The molecule has 0 aliphatic rings. The van der Waals surface area contributed by atoms with Gasteiger partial charge in [-0.15, -0.1) is 0 Å². The van der Waals surface area contributed by atoms with E-state index in [1.807, 2.05) is 23.7 Å². The van der Waals surface area contributed by atoms with E-state index >= 15 is 0 Å². The SMILES string of the molecule is CCn1nc(C)c(-c2ccc(N)cc2Cl)c1C. The molecule has 2 rings (SSSR count). The van der Waals surface area contributed by atoms with Gasteiger partial charge in [0.25, 0.3) is 0 Å². The lowest BCUT2D eigenvalue weighted by Crippen LogP contribution is -1.98. The summed E-state index contributed by atoms with van der Waals surface area (Å²) in [6.07, 6.45) is 0. The van der Waals surface area contributed by atoms with Gasteiger partial charge in [-0.05, 0) is 32.9 Å². The first kappa shape index (κ1) is 12.0. The maximum absolute atomic E-state index is 6.24. The minimum Gasteiger partial charge on any atom is -0.399 e. The number of halogens is 1.